The molecule has 1 atom stereocenters. The highest BCUT2D eigenvalue weighted by molar-refractivity contribution is 7.99. The Bertz CT molecular complexity index is 544. The Balaban J connectivity index is 1.88. The lowest BCUT2D eigenvalue weighted by Crippen LogP contribution is -2.17. The highest BCUT2D eigenvalue weighted by Gasteiger charge is 2.12. The van der Waals surface area contributed by atoms with E-state index in [9.17, 15) is 9.50 Å². The van der Waals surface area contributed by atoms with Crippen LogP contribution in [0.3, 0.4) is 0 Å². The van der Waals surface area contributed by atoms with Crippen LogP contribution in [0.2, 0.25) is 0 Å². The molecule has 3 nitrogen and oxygen atoms in total. The molecular weight excluding hydrogens is 275 g/mol. The number of nitrogens with zero attached hydrogens (tertiary/aromatic N) is 2. The first kappa shape index (κ1) is 15.1. The van der Waals surface area contributed by atoms with E-state index in [1.165, 1.54) is 17.8 Å². The highest BCUT2D eigenvalue weighted by Crippen LogP contribution is 2.22. The van der Waals surface area contributed by atoms with E-state index >= 15 is 0 Å². The van der Waals surface area contributed by atoms with Gasteiger partial charge in [0.05, 0.1) is 6.10 Å². The van der Waals surface area contributed by atoms with Gasteiger partial charge in [-0.3, -0.25) is 0 Å². The van der Waals surface area contributed by atoms with Crippen molar-refractivity contribution >= 4 is 11.8 Å². The third-order valence-corrected chi connectivity index (χ3v) is 4.15. The number of aliphatic hydroxyl groups excluding tert-OH is 1. The van der Waals surface area contributed by atoms with Crippen LogP contribution in [-0.2, 0) is 13.0 Å². The quantitative estimate of drug-likeness (QED) is 0.797. The number of aryl methyl sites for hydroxylation is 1. The summed E-state index contributed by atoms with van der Waals surface area (Å²) < 4.78 is 15.5. The molecule has 1 aromatic carbocycles. The van der Waals surface area contributed by atoms with E-state index in [1.54, 1.807) is 24.4 Å². The third kappa shape index (κ3) is 4.08. The third-order valence-electron chi connectivity index (χ3n) is 2.95. The number of rotatable bonds is 7. The second-order valence-electron chi connectivity index (χ2n) is 4.64. The Morgan fingerprint density at radius 1 is 1.40 bits per heavy atom. The molecule has 1 N–H and O–H groups in total. The average molecular weight is 294 g/mol. The number of hydrogen-bond acceptors (Lipinski definition) is 3. The van der Waals surface area contributed by atoms with Gasteiger partial charge in [0.2, 0.25) is 0 Å². The van der Waals surface area contributed by atoms with Gasteiger partial charge in [0.25, 0.3) is 0 Å². The topological polar surface area (TPSA) is 38.0 Å². The van der Waals surface area contributed by atoms with Gasteiger partial charge < -0.3 is 9.67 Å². The first-order valence-corrected chi connectivity index (χ1v) is 7.74. The molecule has 0 fully saturated rings. The lowest BCUT2D eigenvalue weighted by molar-refractivity contribution is 0.196. The van der Waals surface area contributed by atoms with Crippen molar-refractivity contribution in [2.75, 3.05) is 5.75 Å². The molecule has 0 aliphatic heterocycles. The summed E-state index contributed by atoms with van der Waals surface area (Å²) in [6.07, 6.45) is 4.67. The monoisotopic (exact) mass is 294 g/mol. The minimum absolute atomic E-state index is 0.239. The summed E-state index contributed by atoms with van der Waals surface area (Å²) in [5, 5.41) is 10.1. The lowest BCUT2D eigenvalue weighted by atomic mass is 10.2. The van der Waals surface area contributed by atoms with E-state index in [4.69, 9.17) is 0 Å². The van der Waals surface area contributed by atoms with Crippen LogP contribution >= 0.6 is 11.8 Å². The summed E-state index contributed by atoms with van der Waals surface area (Å²) >= 11 is 1.33. The van der Waals surface area contributed by atoms with Gasteiger partial charge in [0.15, 0.2) is 0 Å². The summed E-state index contributed by atoms with van der Waals surface area (Å²) in [7, 11) is 0. The van der Waals surface area contributed by atoms with Crippen LogP contribution in [0.1, 0.15) is 19.2 Å². The largest absolute Gasteiger partial charge is 0.392 e. The van der Waals surface area contributed by atoms with Crippen molar-refractivity contribution in [2.45, 2.75) is 37.3 Å². The van der Waals surface area contributed by atoms with E-state index in [1.807, 2.05) is 6.20 Å². The predicted octanol–water partition coefficient (Wildman–Crippen LogP) is 3.13. The SMILES string of the molecule is CCCn1ccnc1CC(O)CSc1ccccc1F. The van der Waals surface area contributed by atoms with Gasteiger partial charge in [-0.2, -0.15) is 0 Å². The molecule has 0 saturated carbocycles. The second kappa shape index (κ2) is 7.45. The maximum absolute atomic E-state index is 13.5. The van der Waals surface area contributed by atoms with Crippen molar-refractivity contribution in [3.8, 4) is 0 Å². The number of imidazole rings is 1. The zero-order chi connectivity index (χ0) is 14.4. The van der Waals surface area contributed by atoms with Crippen LogP contribution in [0.25, 0.3) is 0 Å². The number of hydrogen-bond donors (Lipinski definition) is 1. The second-order valence-corrected chi connectivity index (χ2v) is 5.70. The number of aromatic nitrogens is 2. The van der Waals surface area contributed by atoms with Gasteiger partial charge in [-0.15, -0.1) is 11.8 Å². The van der Waals surface area contributed by atoms with Crippen molar-refractivity contribution in [2.24, 2.45) is 0 Å². The Morgan fingerprint density at radius 3 is 2.95 bits per heavy atom. The van der Waals surface area contributed by atoms with E-state index in [-0.39, 0.29) is 5.82 Å². The van der Waals surface area contributed by atoms with E-state index in [0.717, 1.165) is 18.8 Å². The Hall–Kier alpha value is -1.33. The van der Waals surface area contributed by atoms with Crippen LogP contribution in [0, 0.1) is 5.82 Å². The zero-order valence-corrected chi connectivity index (χ0v) is 12.3. The number of benzene rings is 1. The molecule has 20 heavy (non-hydrogen) atoms. The van der Waals surface area contributed by atoms with Crippen molar-refractivity contribution in [1.29, 1.82) is 0 Å². The standard InChI is InChI=1S/C15H19FN2OS/c1-2-8-18-9-7-17-15(18)10-12(19)11-20-14-6-4-3-5-13(14)16/h3-7,9,12,19H,2,8,10-11H2,1H3. The molecule has 1 heterocycles. The number of thioether (sulfide) groups is 1. The summed E-state index contributed by atoms with van der Waals surface area (Å²) in [4.78, 5) is 4.84. The fourth-order valence-electron chi connectivity index (χ4n) is 1.99. The van der Waals surface area contributed by atoms with E-state index in [0.29, 0.717) is 17.1 Å². The van der Waals surface area contributed by atoms with Gasteiger partial charge >= 0.3 is 0 Å². The van der Waals surface area contributed by atoms with Gasteiger partial charge in [-0.1, -0.05) is 19.1 Å². The van der Waals surface area contributed by atoms with Crippen molar-refractivity contribution in [3.63, 3.8) is 0 Å². The normalized spacial score (nSPS) is 12.6. The van der Waals surface area contributed by atoms with E-state index < -0.39 is 6.10 Å². The fraction of sp³-hybridized carbons (Fsp3) is 0.400. The molecule has 1 aromatic heterocycles. The van der Waals surface area contributed by atoms with Gasteiger partial charge in [-0.05, 0) is 18.6 Å². The summed E-state index contributed by atoms with van der Waals surface area (Å²) in [5.74, 6) is 1.10. The van der Waals surface area contributed by atoms with Crippen LogP contribution < -0.4 is 0 Å². The van der Waals surface area contributed by atoms with Gasteiger partial charge in [0.1, 0.15) is 11.6 Å². The molecule has 0 saturated heterocycles. The molecule has 0 aliphatic carbocycles. The maximum atomic E-state index is 13.5. The highest BCUT2D eigenvalue weighted by atomic mass is 32.2. The van der Waals surface area contributed by atoms with Crippen molar-refractivity contribution in [3.05, 3.63) is 48.3 Å². The van der Waals surface area contributed by atoms with Crippen molar-refractivity contribution in [1.82, 2.24) is 9.55 Å². The lowest BCUT2D eigenvalue weighted by Gasteiger charge is -2.12. The first-order valence-electron chi connectivity index (χ1n) is 6.76. The Morgan fingerprint density at radius 2 is 2.20 bits per heavy atom. The zero-order valence-electron chi connectivity index (χ0n) is 11.5. The fourth-order valence-corrected chi connectivity index (χ4v) is 2.86. The molecule has 0 amide bonds. The van der Waals surface area contributed by atoms with Crippen LogP contribution in [0.15, 0.2) is 41.6 Å². The molecule has 2 rings (SSSR count). The Kier molecular flexibility index (Phi) is 5.61. The molecule has 1 unspecified atom stereocenters. The van der Waals surface area contributed by atoms with Gasteiger partial charge in [-0.25, -0.2) is 9.37 Å². The maximum Gasteiger partial charge on any atom is 0.136 e. The van der Waals surface area contributed by atoms with E-state index in [2.05, 4.69) is 16.5 Å². The van der Waals surface area contributed by atoms with Gasteiger partial charge in [0, 0.05) is 36.0 Å². The number of halogens is 1. The summed E-state index contributed by atoms with van der Waals surface area (Å²) in [6, 6.07) is 6.62. The summed E-state index contributed by atoms with van der Waals surface area (Å²) in [6.45, 7) is 3.01. The first-order chi connectivity index (χ1) is 9.70. The average Bonchev–Trinajstić information content (AvgIpc) is 2.86. The molecule has 0 bridgehead atoms. The predicted molar refractivity (Wildman–Crippen MR) is 79.4 cm³/mol. The molecule has 0 aliphatic rings. The number of aliphatic hydroxyl groups is 1. The minimum atomic E-state index is -0.530. The molecule has 5 heteroatoms. The molecule has 108 valence electrons. The van der Waals surface area contributed by atoms with Crippen LogP contribution in [0.5, 0.6) is 0 Å². The van der Waals surface area contributed by atoms with Crippen LogP contribution in [0.4, 0.5) is 4.39 Å². The molecule has 2 aromatic rings. The van der Waals surface area contributed by atoms with Crippen LogP contribution in [-0.4, -0.2) is 26.5 Å². The smallest absolute Gasteiger partial charge is 0.136 e. The molecule has 0 spiro atoms. The van der Waals surface area contributed by atoms with Crippen molar-refractivity contribution < 1.29 is 9.50 Å². The Labute approximate surface area is 122 Å². The molecule has 0 radical (unpaired) electrons. The summed E-state index contributed by atoms with van der Waals surface area (Å²) in [5.41, 5.74) is 0. The molecular formula is C15H19FN2OS. The minimum Gasteiger partial charge on any atom is -0.392 e.